The van der Waals surface area contributed by atoms with Crippen LogP contribution >= 0.6 is 22.9 Å². The van der Waals surface area contributed by atoms with Crippen molar-refractivity contribution in [2.24, 2.45) is 0 Å². The van der Waals surface area contributed by atoms with Crippen LogP contribution in [0.2, 0.25) is 4.34 Å². The Labute approximate surface area is 152 Å². The number of hydrogen-bond acceptors (Lipinski definition) is 4. The zero-order valence-electron chi connectivity index (χ0n) is 14.2. The predicted molar refractivity (Wildman–Crippen MR) is 99.4 cm³/mol. The Morgan fingerprint density at radius 2 is 1.79 bits per heavy atom. The number of ether oxygens (including phenoxy) is 1. The minimum absolute atomic E-state index is 0.0185. The summed E-state index contributed by atoms with van der Waals surface area (Å²) in [6.07, 6.45) is -0.369. The second-order valence-electron chi connectivity index (χ2n) is 6.49. The van der Waals surface area contributed by atoms with Crippen molar-refractivity contribution in [3.05, 3.63) is 51.2 Å². The molecule has 1 unspecified atom stereocenters. The first-order valence-corrected chi connectivity index (χ1v) is 10.2. The lowest BCUT2D eigenvalue weighted by atomic mass is 9.87. The minimum atomic E-state index is -3.59. The molecule has 132 valence electrons. The molecule has 0 aliphatic carbocycles. The van der Waals surface area contributed by atoms with Crippen LogP contribution in [0.1, 0.15) is 37.3 Å². The van der Waals surface area contributed by atoms with Crippen LogP contribution in [0.3, 0.4) is 0 Å². The number of rotatable bonds is 6. The molecule has 2 rings (SSSR count). The molecule has 0 aliphatic rings. The third kappa shape index (κ3) is 4.80. The molecular weight excluding hydrogens is 366 g/mol. The van der Waals surface area contributed by atoms with E-state index in [2.05, 4.69) is 25.5 Å². The number of methoxy groups -OCH3 is 1. The van der Waals surface area contributed by atoms with E-state index in [1.165, 1.54) is 11.3 Å². The van der Waals surface area contributed by atoms with Crippen molar-refractivity contribution in [2.45, 2.75) is 37.2 Å². The number of halogens is 1. The van der Waals surface area contributed by atoms with Crippen molar-refractivity contribution >= 4 is 33.0 Å². The van der Waals surface area contributed by atoms with E-state index in [9.17, 15) is 8.42 Å². The molecule has 1 heterocycles. The summed E-state index contributed by atoms with van der Waals surface area (Å²) in [7, 11) is -2.04. The van der Waals surface area contributed by atoms with Crippen LogP contribution in [0.4, 0.5) is 0 Å². The summed E-state index contributed by atoms with van der Waals surface area (Å²) in [5.41, 5.74) is 1.07. The summed E-state index contributed by atoms with van der Waals surface area (Å²) in [4.78, 5) is 1.13. The van der Waals surface area contributed by atoms with Gasteiger partial charge >= 0.3 is 0 Å². The Hall–Kier alpha value is -0.920. The van der Waals surface area contributed by atoms with Gasteiger partial charge in [0.05, 0.1) is 9.23 Å². The fourth-order valence-electron chi connectivity index (χ4n) is 2.20. The number of benzene rings is 1. The summed E-state index contributed by atoms with van der Waals surface area (Å²) in [6.45, 7) is 6.41. The van der Waals surface area contributed by atoms with Gasteiger partial charge in [-0.05, 0) is 35.2 Å². The van der Waals surface area contributed by atoms with E-state index in [0.717, 1.165) is 10.4 Å². The van der Waals surface area contributed by atoms with Crippen LogP contribution in [0.15, 0.2) is 41.3 Å². The summed E-state index contributed by atoms with van der Waals surface area (Å²) in [6, 6.07) is 10.6. The molecule has 24 heavy (non-hydrogen) atoms. The lowest BCUT2D eigenvalue weighted by molar-refractivity contribution is 0.110. The first-order chi connectivity index (χ1) is 11.1. The van der Waals surface area contributed by atoms with E-state index in [4.69, 9.17) is 16.3 Å². The highest BCUT2D eigenvalue weighted by Crippen LogP contribution is 2.29. The Morgan fingerprint density at radius 3 is 2.25 bits per heavy atom. The molecule has 2 aromatic rings. The second-order valence-corrected chi connectivity index (χ2v) is 10.0. The molecule has 0 spiro atoms. The van der Waals surface area contributed by atoms with Crippen LogP contribution < -0.4 is 4.72 Å². The van der Waals surface area contributed by atoms with Gasteiger partial charge in [0.1, 0.15) is 6.10 Å². The molecule has 0 amide bonds. The van der Waals surface area contributed by atoms with Crippen LogP contribution in [0, 0.1) is 0 Å². The zero-order valence-corrected chi connectivity index (χ0v) is 16.6. The number of nitrogens with one attached hydrogen (secondary N) is 1. The number of hydrogen-bond donors (Lipinski definition) is 1. The lowest BCUT2D eigenvalue weighted by Gasteiger charge is -2.19. The number of sulfonamides is 1. The molecule has 0 aliphatic heterocycles. The summed E-state index contributed by atoms with van der Waals surface area (Å²) in [5, 5.41) is 0. The average molecular weight is 388 g/mol. The third-order valence-corrected chi connectivity index (χ3v) is 6.45. The quantitative estimate of drug-likeness (QED) is 0.800. The van der Waals surface area contributed by atoms with Crippen LogP contribution in [-0.2, 0) is 20.2 Å². The van der Waals surface area contributed by atoms with Crippen LogP contribution in [0.25, 0.3) is 0 Å². The molecule has 0 fully saturated rings. The first kappa shape index (κ1) is 19.4. The van der Waals surface area contributed by atoms with Gasteiger partial charge in [-0.3, -0.25) is 0 Å². The fraction of sp³-hybridized carbons (Fsp3) is 0.412. The molecular formula is C17H22ClNO3S2. The maximum Gasteiger partial charge on any atom is 0.240 e. The van der Waals surface area contributed by atoms with Crippen molar-refractivity contribution < 1.29 is 13.2 Å². The highest BCUT2D eigenvalue weighted by molar-refractivity contribution is 7.89. The standard InChI is InChI=1S/C17H22ClNO3S2/c1-17(2,3)12-5-7-13(8-6-12)24(20,21)19-11-14(22-4)15-9-10-16(18)23-15/h5-10,14,19H,11H2,1-4H3. The molecule has 4 nitrogen and oxygen atoms in total. The van der Waals surface area contributed by atoms with Crippen molar-refractivity contribution in [3.8, 4) is 0 Å². The first-order valence-electron chi connectivity index (χ1n) is 7.52. The van der Waals surface area contributed by atoms with E-state index in [0.29, 0.717) is 4.34 Å². The zero-order chi connectivity index (χ0) is 18.0. The fourth-order valence-corrected chi connectivity index (χ4v) is 4.37. The summed E-state index contributed by atoms with van der Waals surface area (Å²) < 4.78 is 33.5. The molecule has 0 bridgehead atoms. The van der Waals surface area contributed by atoms with Gasteiger partial charge in [-0.1, -0.05) is 44.5 Å². The normalized spacial score (nSPS) is 13.9. The molecule has 1 N–H and O–H groups in total. The summed E-state index contributed by atoms with van der Waals surface area (Å²) in [5.74, 6) is 0. The Kier molecular flexibility index (Phi) is 6.09. The van der Waals surface area contributed by atoms with Gasteiger partial charge in [0.25, 0.3) is 0 Å². The highest BCUT2D eigenvalue weighted by Gasteiger charge is 2.20. The van der Waals surface area contributed by atoms with Gasteiger partial charge in [-0.15, -0.1) is 11.3 Å². The lowest BCUT2D eigenvalue weighted by Crippen LogP contribution is -2.29. The Bertz CT molecular complexity index is 777. The van der Waals surface area contributed by atoms with Crippen LogP contribution in [-0.4, -0.2) is 22.1 Å². The summed E-state index contributed by atoms with van der Waals surface area (Å²) >= 11 is 7.30. The molecule has 0 saturated heterocycles. The molecule has 1 aromatic heterocycles. The van der Waals surface area contributed by atoms with Gasteiger partial charge < -0.3 is 4.74 Å². The van der Waals surface area contributed by atoms with E-state index in [1.54, 1.807) is 25.3 Å². The predicted octanol–water partition coefficient (Wildman–Crippen LogP) is 4.37. The SMILES string of the molecule is COC(CNS(=O)(=O)c1ccc(C(C)(C)C)cc1)c1ccc(Cl)s1. The van der Waals surface area contributed by atoms with Crippen molar-refractivity contribution in [2.75, 3.05) is 13.7 Å². The monoisotopic (exact) mass is 387 g/mol. The van der Waals surface area contributed by atoms with Gasteiger partial charge in [-0.2, -0.15) is 0 Å². The van der Waals surface area contributed by atoms with Gasteiger partial charge in [0, 0.05) is 18.5 Å². The molecule has 0 saturated carbocycles. The molecule has 7 heteroatoms. The van der Waals surface area contributed by atoms with E-state index >= 15 is 0 Å². The second kappa shape index (κ2) is 7.54. The smallest absolute Gasteiger partial charge is 0.240 e. The molecule has 1 atom stereocenters. The van der Waals surface area contributed by atoms with Crippen molar-refractivity contribution in [3.63, 3.8) is 0 Å². The molecule has 0 radical (unpaired) electrons. The maximum atomic E-state index is 12.5. The van der Waals surface area contributed by atoms with Crippen molar-refractivity contribution in [1.29, 1.82) is 0 Å². The largest absolute Gasteiger partial charge is 0.375 e. The van der Waals surface area contributed by atoms with Gasteiger partial charge in [-0.25, -0.2) is 13.1 Å². The minimum Gasteiger partial charge on any atom is -0.375 e. The van der Waals surface area contributed by atoms with Crippen molar-refractivity contribution in [1.82, 2.24) is 4.72 Å². The Morgan fingerprint density at radius 1 is 1.17 bits per heavy atom. The average Bonchev–Trinajstić information content (AvgIpc) is 2.93. The molecule has 1 aromatic carbocycles. The van der Waals surface area contributed by atoms with Gasteiger partial charge in [0.2, 0.25) is 10.0 Å². The van der Waals surface area contributed by atoms with E-state index < -0.39 is 10.0 Å². The Balaban J connectivity index is 2.10. The van der Waals surface area contributed by atoms with E-state index in [1.807, 2.05) is 18.2 Å². The van der Waals surface area contributed by atoms with E-state index in [-0.39, 0.29) is 23.0 Å². The highest BCUT2D eigenvalue weighted by atomic mass is 35.5. The third-order valence-electron chi connectivity index (χ3n) is 3.69. The topological polar surface area (TPSA) is 55.4 Å². The number of thiophene rings is 1. The van der Waals surface area contributed by atoms with Crippen LogP contribution in [0.5, 0.6) is 0 Å². The maximum absolute atomic E-state index is 12.5. The van der Waals surface area contributed by atoms with Gasteiger partial charge in [0.15, 0.2) is 0 Å².